The van der Waals surface area contributed by atoms with Crippen LogP contribution < -0.4 is 15.3 Å². The molecule has 2 aromatic carbocycles. The van der Waals surface area contributed by atoms with Crippen LogP contribution in [0.3, 0.4) is 0 Å². The molecule has 0 aliphatic carbocycles. The molecule has 0 bridgehead atoms. The smallest absolute Gasteiger partial charge is 0.335 e. The van der Waals surface area contributed by atoms with Crippen molar-refractivity contribution in [1.82, 2.24) is 24.1 Å². The molecule has 0 radical (unpaired) electrons. The quantitative estimate of drug-likeness (QED) is 0.369. The zero-order chi connectivity index (χ0) is 24.5. The molecule has 0 fully saturated rings. The van der Waals surface area contributed by atoms with Crippen LogP contribution in [0.5, 0.6) is 5.75 Å². The van der Waals surface area contributed by atoms with Crippen LogP contribution in [0.15, 0.2) is 78.0 Å². The number of hydrogen-bond donors (Lipinski definition) is 0. The maximum Gasteiger partial charge on any atom is 0.335 e. The Kier molecular flexibility index (Phi) is 5.69. The lowest BCUT2D eigenvalue weighted by atomic mass is 10.2. The number of ether oxygens (including phenoxy) is 1. The van der Waals surface area contributed by atoms with Crippen molar-refractivity contribution in [2.45, 2.75) is 6.54 Å². The van der Waals surface area contributed by atoms with Gasteiger partial charge in [0.1, 0.15) is 22.9 Å². The first kappa shape index (κ1) is 22.2. The van der Waals surface area contributed by atoms with E-state index in [0.29, 0.717) is 22.9 Å². The summed E-state index contributed by atoms with van der Waals surface area (Å²) in [6, 6.07) is 14.1. The third-order valence-electron chi connectivity index (χ3n) is 5.68. The van der Waals surface area contributed by atoms with Crippen LogP contribution in [-0.4, -0.2) is 38.2 Å². The second-order valence-corrected chi connectivity index (χ2v) is 7.75. The van der Waals surface area contributed by atoms with Crippen molar-refractivity contribution in [3.63, 3.8) is 0 Å². The van der Waals surface area contributed by atoms with E-state index in [2.05, 4.69) is 15.0 Å². The second kappa shape index (κ2) is 8.98. The molecule has 0 aliphatic heterocycles. The van der Waals surface area contributed by atoms with Crippen LogP contribution in [0.2, 0.25) is 0 Å². The van der Waals surface area contributed by atoms with E-state index >= 15 is 0 Å². The van der Waals surface area contributed by atoms with Crippen LogP contribution in [0.4, 0.5) is 20.4 Å². The minimum absolute atomic E-state index is 0.226. The summed E-state index contributed by atoms with van der Waals surface area (Å²) in [5.41, 5.74) is 1.09. The number of aromatic nitrogens is 5. The fourth-order valence-corrected chi connectivity index (χ4v) is 3.83. The highest BCUT2D eigenvalue weighted by Gasteiger charge is 2.21. The number of halogens is 2. The number of hydrogen-bond acceptors (Lipinski definition) is 6. The third kappa shape index (κ3) is 3.99. The lowest BCUT2D eigenvalue weighted by molar-refractivity contribution is 0.414. The number of imidazole rings is 1. The molecule has 0 unspecified atom stereocenters. The average molecular weight is 474 g/mol. The largest absolute Gasteiger partial charge is 0.497 e. The number of methoxy groups -OCH3 is 1. The standard InChI is InChI=1S/C25H20F2N6O2/c1-31(17-7-5-11-28-13-17)24-29-14-22-23(30-24)33(16-6-3-8-18(12-16)35-2)25(34)32(22)15-19-20(26)9-4-10-21(19)27/h3-14H,15H2,1-2H3. The molecule has 10 heteroatoms. The highest BCUT2D eigenvalue weighted by Crippen LogP contribution is 2.25. The molecule has 8 nitrogen and oxygen atoms in total. The number of nitrogens with zero attached hydrogens (tertiary/aromatic N) is 6. The Morgan fingerprint density at radius 1 is 1.03 bits per heavy atom. The lowest BCUT2D eigenvalue weighted by Gasteiger charge is -2.16. The van der Waals surface area contributed by atoms with Crippen molar-refractivity contribution in [2.24, 2.45) is 0 Å². The van der Waals surface area contributed by atoms with Crippen LogP contribution >= 0.6 is 0 Å². The van der Waals surface area contributed by atoms with Gasteiger partial charge >= 0.3 is 5.69 Å². The first-order valence-corrected chi connectivity index (χ1v) is 10.7. The first-order valence-electron chi connectivity index (χ1n) is 10.7. The Bertz CT molecular complexity index is 1560. The van der Waals surface area contributed by atoms with E-state index in [1.165, 1.54) is 28.5 Å². The second-order valence-electron chi connectivity index (χ2n) is 7.75. The van der Waals surface area contributed by atoms with Crippen molar-refractivity contribution in [1.29, 1.82) is 0 Å². The van der Waals surface area contributed by atoms with E-state index in [-0.39, 0.29) is 17.8 Å². The number of anilines is 2. The summed E-state index contributed by atoms with van der Waals surface area (Å²) in [7, 11) is 3.30. The van der Waals surface area contributed by atoms with Gasteiger partial charge in [0.05, 0.1) is 37.4 Å². The summed E-state index contributed by atoms with van der Waals surface area (Å²) >= 11 is 0. The topological polar surface area (TPSA) is 78.1 Å². The van der Waals surface area contributed by atoms with Gasteiger partial charge in [0, 0.05) is 24.9 Å². The highest BCUT2D eigenvalue weighted by molar-refractivity contribution is 5.75. The Balaban J connectivity index is 1.73. The monoisotopic (exact) mass is 474 g/mol. The van der Waals surface area contributed by atoms with E-state index in [1.807, 2.05) is 6.07 Å². The van der Waals surface area contributed by atoms with E-state index in [1.54, 1.807) is 54.7 Å². The summed E-state index contributed by atoms with van der Waals surface area (Å²) in [5.74, 6) is -0.630. The van der Waals surface area contributed by atoms with Crippen LogP contribution in [0.1, 0.15) is 5.56 Å². The molecule has 0 atom stereocenters. The predicted octanol–water partition coefficient (Wildman–Crippen LogP) is 4.08. The molecular formula is C25H20F2N6O2. The molecule has 0 saturated heterocycles. The van der Waals surface area contributed by atoms with Crippen LogP contribution in [-0.2, 0) is 6.54 Å². The van der Waals surface area contributed by atoms with Gasteiger partial charge in [0.2, 0.25) is 5.95 Å². The van der Waals surface area contributed by atoms with Gasteiger partial charge in [0.15, 0.2) is 5.65 Å². The van der Waals surface area contributed by atoms with Crippen LogP contribution in [0, 0.1) is 11.6 Å². The van der Waals surface area contributed by atoms with Gasteiger partial charge in [-0.15, -0.1) is 0 Å². The summed E-state index contributed by atoms with van der Waals surface area (Å²) in [6.07, 6.45) is 4.79. The van der Waals surface area contributed by atoms with Gasteiger partial charge < -0.3 is 9.64 Å². The fourth-order valence-electron chi connectivity index (χ4n) is 3.83. The number of pyridine rings is 1. The molecule has 0 saturated carbocycles. The Labute approximate surface area is 198 Å². The number of fused-ring (bicyclic) bond motifs is 1. The Morgan fingerprint density at radius 2 is 1.80 bits per heavy atom. The van der Waals surface area contributed by atoms with Gasteiger partial charge in [0.25, 0.3) is 0 Å². The maximum absolute atomic E-state index is 14.4. The van der Waals surface area contributed by atoms with Crippen molar-refractivity contribution in [2.75, 3.05) is 19.1 Å². The van der Waals surface area contributed by atoms with Gasteiger partial charge in [-0.05, 0) is 36.4 Å². The zero-order valence-corrected chi connectivity index (χ0v) is 18.9. The molecule has 0 aliphatic rings. The summed E-state index contributed by atoms with van der Waals surface area (Å²) in [6.45, 7) is -0.327. The highest BCUT2D eigenvalue weighted by atomic mass is 19.1. The fraction of sp³-hybridized carbons (Fsp3) is 0.120. The average Bonchev–Trinajstić information content (AvgIpc) is 3.16. The third-order valence-corrected chi connectivity index (χ3v) is 5.68. The minimum Gasteiger partial charge on any atom is -0.497 e. The molecular weight excluding hydrogens is 454 g/mol. The Hall–Kier alpha value is -4.60. The van der Waals surface area contributed by atoms with Gasteiger partial charge in [-0.2, -0.15) is 4.98 Å². The molecule has 0 spiro atoms. The van der Waals surface area contributed by atoms with Gasteiger partial charge in [-0.1, -0.05) is 12.1 Å². The molecule has 3 aromatic heterocycles. The van der Waals surface area contributed by atoms with E-state index in [0.717, 1.165) is 17.8 Å². The maximum atomic E-state index is 14.4. The zero-order valence-electron chi connectivity index (χ0n) is 18.9. The van der Waals surface area contributed by atoms with Crippen molar-refractivity contribution in [3.8, 4) is 11.4 Å². The van der Waals surface area contributed by atoms with Crippen molar-refractivity contribution < 1.29 is 13.5 Å². The van der Waals surface area contributed by atoms with Crippen molar-refractivity contribution >= 4 is 22.8 Å². The molecule has 5 aromatic rings. The lowest BCUT2D eigenvalue weighted by Crippen LogP contribution is -2.24. The van der Waals surface area contributed by atoms with Gasteiger partial charge in [-0.25, -0.2) is 23.1 Å². The molecule has 0 amide bonds. The summed E-state index contributed by atoms with van der Waals surface area (Å²) < 4.78 is 36.8. The Morgan fingerprint density at radius 3 is 2.51 bits per heavy atom. The van der Waals surface area contributed by atoms with Gasteiger partial charge in [-0.3, -0.25) is 9.55 Å². The SMILES string of the molecule is COc1cccc(-n2c(=O)n(Cc3c(F)cccc3F)c3cnc(N(C)c4cccnc4)nc32)c1. The number of benzene rings is 2. The minimum atomic E-state index is -0.743. The predicted molar refractivity (Wildman–Crippen MR) is 127 cm³/mol. The van der Waals surface area contributed by atoms with Crippen LogP contribution in [0.25, 0.3) is 16.9 Å². The summed E-state index contributed by atoms with van der Waals surface area (Å²) in [5, 5.41) is 0. The van der Waals surface area contributed by atoms with Crippen molar-refractivity contribution in [3.05, 3.63) is 101 Å². The molecule has 35 heavy (non-hydrogen) atoms. The molecule has 176 valence electrons. The molecule has 3 heterocycles. The van der Waals surface area contributed by atoms with E-state index in [4.69, 9.17) is 4.74 Å². The first-order chi connectivity index (χ1) is 17.0. The number of rotatable bonds is 6. The molecule has 5 rings (SSSR count). The normalized spacial score (nSPS) is 11.1. The van der Waals surface area contributed by atoms with E-state index < -0.39 is 17.3 Å². The molecule has 0 N–H and O–H groups in total. The summed E-state index contributed by atoms with van der Waals surface area (Å²) in [4.78, 5) is 28.5. The van der Waals surface area contributed by atoms with E-state index in [9.17, 15) is 13.6 Å².